The third-order valence-corrected chi connectivity index (χ3v) is 29.4. The van der Waals surface area contributed by atoms with Crippen molar-refractivity contribution in [1.29, 1.82) is 0 Å². The van der Waals surface area contributed by atoms with Crippen molar-refractivity contribution in [3.63, 3.8) is 0 Å². The number of H-pyrrole nitrogens is 4. The molecule has 7 aliphatic heterocycles. The van der Waals surface area contributed by atoms with Gasteiger partial charge in [-0.25, -0.2) is 19.9 Å². The summed E-state index contributed by atoms with van der Waals surface area (Å²) in [5.41, 5.74) is 18.7. The van der Waals surface area contributed by atoms with Crippen molar-refractivity contribution >= 4 is 113 Å². The molecule has 5 aromatic carbocycles. The summed E-state index contributed by atoms with van der Waals surface area (Å²) in [5.74, 6) is 7.17. The van der Waals surface area contributed by atoms with Crippen LogP contribution in [0.5, 0.6) is 11.5 Å². The van der Waals surface area contributed by atoms with Gasteiger partial charge >= 0.3 is 0 Å². The highest BCUT2D eigenvalue weighted by Gasteiger charge is 2.28. The van der Waals surface area contributed by atoms with Gasteiger partial charge in [-0.3, -0.25) is 74.2 Å². The molecule has 24 rings (SSSR count). The number of rotatable bonds is 24. The molecule has 149 heavy (non-hydrogen) atoms. The van der Waals surface area contributed by atoms with Gasteiger partial charge in [0.2, 0.25) is 0 Å². The van der Waals surface area contributed by atoms with Gasteiger partial charge in [-0.15, -0.1) is 0 Å². The molecule has 0 unspecified atom stereocenters. The zero-order valence-electron chi connectivity index (χ0n) is 84.6. The normalized spacial score (nSPS) is 16.2. The summed E-state index contributed by atoms with van der Waals surface area (Å²) in [6, 6.07) is 57.4. The van der Waals surface area contributed by atoms with E-state index in [1.165, 1.54) is 81.8 Å². The predicted molar refractivity (Wildman–Crippen MR) is 586 cm³/mol. The molecule has 33 nitrogen and oxygen atoms in total. The van der Waals surface area contributed by atoms with E-state index in [1.807, 2.05) is 195 Å². The third-order valence-electron chi connectivity index (χ3n) is 29.4. The number of anilines is 8. The van der Waals surface area contributed by atoms with Crippen LogP contribution in [0.25, 0.3) is 88.1 Å². The van der Waals surface area contributed by atoms with E-state index in [1.54, 1.807) is 37.2 Å². The molecule has 0 saturated carbocycles. The van der Waals surface area contributed by atoms with E-state index in [4.69, 9.17) is 9.47 Å². The maximum absolute atomic E-state index is 13.2. The Bertz CT molecular complexity index is 7480. The van der Waals surface area contributed by atoms with E-state index < -0.39 is 0 Å². The summed E-state index contributed by atoms with van der Waals surface area (Å²) in [4.78, 5) is 105. The Kier molecular flexibility index (Phi) is 30.7. The van der Waals surface area contributed by atoms with Crippen LogP contribution in [0.4, 0.5) is 46.0 Å². The lowest BCUT2D eigenvalue weighted by molar-refractivity contribution is 0.0341. The van der Waals surface area contributed by atoms with Crippen LogP contribution in [0.15, 0.2) is 250 Å². The van der Waals surface area contributed by atoms with Crippen LogP contribution < -0.4 is 45.6 Å². The first-order valence-electron chi connectivity index (χ1n) is 52.3. The Morgan fingerprint density at radius 1 is 0.295 bits per heavy atom. The number of fused-ring (bicyclic) bond motifs is 4. The molecule has 0 aliphatic carbocycles. The highest BCUT2D eigenvalue weighted by Crippen LogP contribution is 2.37. The number of piperidine rings is 4. The van der Waals surface area contributed by atoms with Crippen molar-refractivity contribution in [2.24, 2.45) is 23.7 Å². The number of morpholine rings is 1. The second kappa shape index (κ2) is 46.3. The van der Waals surface area contributed by atoms with Crippen molar-refractivity contribution in [3.05, 3.63) is 290 Å². The summed E-state index contributed by atoms with van der Waals surface area (Å²) in [6.45, 7) is 28.1. The molecule has 8 N–H and O–H groups in total. The van der Waals surface area contributed by atoms with Gasteiger partial charge in [0.1, 0.15) is 34.8 Å². The Balaban J connectivity index is 0.000000116. The third kappa shape index (κ3) is 24.6. The SMILES string of the molecule is CC1CCN(c2ccc(NC(=O)c3n[nH]c4ccc(-c5cncc(CN6CCC6)c5)cc34)cn2)CC1.CC1CCN(c2ccc(NC(=O)c3n[nH]c4ccc(-c5cncc(CN6CCCC6)c5)cc34)cn2)CC1.CC1CCN(c2ccc(NC(=O)c3n[nH]c4ccc(-c5cncc(CN6CCOCC6)c5)cc34)cn2)CC1.CC1CCN(c2ccc(NC(=O)c3n[nH]c4ccc(-c5cncc(Oc6ccccc6)c5)cc34)cn2)CC1. The van der Waals surface area contributed by atoms with Crippen molar-refractivity contribution in [1.82, 2.24) is 95.4 Å². The quantitative estimate of drug-likeness (QED) is 0.0278. The Hall–Kier alpha value is -16.1. The first kappa shape index (κ1) is 98.9. The van der Waals surface area contributed by atoms with Crippen LogP contribution in [0.1, 0.15) is 157 Å². The number of aromatic nitrogens is 16. The fraction of sp³-hybridized carbons (Fsp3) is 0.328. The number of nitrogens with zero attached hydrogens (tertiary/aromatic N) is 19. The number of nitrogens with one attached hydrogen (secondary N) is 8. The minimum Gasteiger partial charge on any atom is -0.456 e. The van der Waals surface area contributed by atoms with Gasteiger partial charge in [-0.2, -0.15) is 20.4 Å². The van der Waals surface area contributed by atoms with E-state index in [0.717, 1.165) is 271 Å². The number of benzene rings is 5. The molecule has 0 atom stereocenters. The zero-order valence-corrected chi connectivity index (χ0v) is 84.6. The van der Waals surface area contributed by atoms with Crippen LogP contribution in [0.2, 0.25) is 0 Å². The van der Waals surface area contributed by atoms with Crippen LogP contribution in [-0.4, -0.2) is 224 Å². The van der Waals surface area contributed by atoms with Gasteiger partial charge in [0.25, 0.3) is 23.6 Å². The minimum absolute atomic E-state index is 0.259. The summed E-state index contributed by atoms with van der Waals surface area (Å²) < 4.78 is 11.4. The fourth-order valence-electron chi connectivity index (χ4n) is 20.2. The van der Waals surface area contributed by atoms with Crippen molar-refractivity contribution in [2.45, 2.75) is 118 Å². The van der Waals surface area contributed by atoms with Crippen molar-refractivity contribution < 1.29 is 28.7 Å². The molecule has 4 amide bonds. The van der Waals surface area contributed by atoms with Gasteiger partial charge < -0.3 is 50.3 Å². The Morgan fingerprint density at radius 2 is 0.584 bits per heavy atom. The van der Waals surface area contributed by atoms with Gasteiger partial charge in [0.15, 0.2) is 22.8 Å². The maximum Gasteiger partial charge on any atom is 0.276 e. The average Bonchev–Trinajstić information content (AvgIpc) is 1.67. The van der Waals surface area contributed by atoms with E-state index in [0.29, 0.717) is 51.3 Å². The first-order valence-corrected chi connectivity index (χ1v) is 52.3. The van der Waals surface area contributed by atoms with E-state index in [-0.39, 0.29) is 23.6 Å². The maximum atomic E-state index is 13.2. The monoisotopic (exact) mass is 1990 g/mol. The number of para-hydroxylation sites is 1. The molecule has 19 heterocycles. The zero-order chi connectivity index (χ0) is 101. The molecule has 17 aromatic rings. The van der Waals surface area contributed by atoms with Crippen LogP contribution in [0.3, 0.4) is 0 Å². The van der Waals surface area contributed by atoms with E-state index in [9.17, 15) is 19.2 Å². The number of carbonyl (C=O) groups is 4. The molecule has 0 bridgehead atoms. The molecular weight excluding hydrogens is 1870 g/mol. The van der Waals surface area contributed by atoms with Gasteiger partial charge in [-0.1, -0.05) is 70.2 Å². The molecule has 760 valence electrons. The summed E-state index contributed by atoms with van der Waals surface area (Å²) in [7, 11) is 0. The minimum atomic E-state index is -0.297. The van der Waals surface area contributed by atoms with Crippen LogP contribution in [-0.2, 0) is 24.4 Å². The lowest BCUT2D eigenvalue weighted by atomic mass is 9.99. The number of amides is 4. The Morgan fingerprint density at radius 3 is 0.872 bits per heavy atom. The number of aromatic amines is 4. The molecule has 7 fully saturated rings. The number of carbonyl (C=O) groups excluding carboxylic acids is 4. The first-order chi connectivity index (χ1) is 73.0. The highest BCUT2D eigenvalue weighted by molar-refractivity contribution is 6.15. The van der Waals surface area contributed by atoms with Crippen molar-refractivity contribution in [3.8, 4) is 56.0 Å². The second-order valence-electron chi connectivity index (χ2n) is 40.5. The molecular formula is C116H125N27O6. The largest absolute Gasteiger partial charge is 0.456 e. The van der Waals surface area contributed by atoms with Gasteiger partial charge in [0, 0.05) is 172 Å². The molecule has 7 aliphatic rings. The second-order valence-corrected chi connectivity index (χ2v) is 40.5. The van der Waals surface area contributed by atoms with Crippen LogP contribution >= 0.6 is 0 Å². The van der Waals surface area contributed by atoms with Crippen LogP contribution in [0, 0.1) is 23.7 Å². The number of likely N-dealkylation sites (tertiary alicyclic amines) is 2. The highest BCUT2D eigenvalue weighted by atomic mass is 16.5. The Labute approximate surface area is 865 Å². The van der Waals surface area contributed by atoms with Gasteiger partial charge in [-0.05, 0) is 293 Å². The number of ether oxygens (including phenoxy) is 2. The van der Waals surface area contributed by atoms with Gasteiger partial charge in [0.05, 0.1) is 89.0 Å². The lowest BCUT2D eigenvalue weighted by Crippen LogP contribution is -2.36. The molecule has 12 aromatic heterocycles. The fourth-order valence-corrected chi connectivity index (χ4v) is 20.2. The number of hydrogen-bond donors (Lipinski definition) is 8. The number of pyridine rings is 8. The van der Waals surface area contributed by atoms with E-state index >= 15 is 0 Å². The average molecular weight is 1990 g/mol. The molecule has 7 saturated heterocycles. The summed E-state index contributed by atoms with van der Waals surface area (Å²) in [6.07, 6.45) is 35.0. The number of hydrogen-bond acceptors (Lipinski definition) is 25. The van der Waals surface area contributed by atoms with Crippen molar-refractivity contribution in [2.75, 3.05) is 146 Å². The summed E-state index contributed by atoms with van der Waals surface area (Å²) >= 11 is 0. The molecule has 0 radical (unpaired) electrons. The predicted octanol–water partition coefficient (Wildman–Crippen LogP) is 20.5. The standard InChI is InChI=1S/C30H28N6O2.C29H33N7O2.C29H33N7O.C28H31N7O/c1-20-11-13-36(14-12-20)28-10-8-23(18-32-28)33-30(37)29-26-16-21(7-9-27(26)34-35-29)22-15-25(19-31-17-22)38-24-5-3-2-4-6-24;1-20-6-8-36(9-7-20)27-5-3-24(18-31-27)32-29(37)28-25-15-22(2-4-26(25)33-34-28)23-14-21(16-30-17-23)19-35-10-12-38-13-11-35;1-20-8-12-36(13-9-20)27-7-5-24(18-31-27)32-29(37)28-25-15-22(4-6-26(25)33-34-28)23-14-21(16-30-17-23)19-35-10-2-3-11-35;1-19-7-11-35(12-8-19)26-6-4-23(17-30-26)31-28(36)27-24-14-21(3-5-25(24)32-33-27)22-13-20(15-29-16-22)18-34-9-2-10-34/h2-10,15-20H,11-14H2,1H3,(H,33,37)(H,34,35);2-5,14-18,20H,6-13,19H2,1H3,(H,32,37)(H,33,34);4-7,14-18,20H,2-3,8-13,19H2,1H3,(H,32,37)(H,33,34);3-6,13-17,19H,2,7-12,18H2,1H3,(H,31,36)(H,32,33). The smallest absolute Gasteiger partial charge is 0.276 e. The summed E-state index contributed by atoms with van der Waals surface area (Å²) in [5, 5.41) is 44.0. The molecule has 0 spiro atoms. The van der Waals surface area contributed by atoms with E-state index in [2.05, 4.69) is 182 Å². The lowest BCUT2D eigenvalue weighted by Gasteiger charge is -2.31. The molecule has 33 heteroatoms. The topological polar surface area (TPSA) is 375 Å².